The van der Waals surface area contributed by atoms with E-state index in [4.69, 9.17) is 0 Å². The Morgan fingerprint density at radius 2 is 0.953 bits per heavy atom. The highest BCUT2D eigenvalue weighted by atomic mass is 32.2. The Balaban J connectivity index is 3.84. The molecule has 0 aliphatic carbocycles. The molecule has 0 fully saturated rings. The van der Waals surface area contributed by atoms with E-state index in [0.29, 0.717) is 6.42 Å². The molecule has 0 rings (SSSR count). The third-order valence-corrected chi connectivity index (χ3v) is 9.24. The molecule has 2 unspecified atom stereocenters. The number of unbranched alkanes of at least 4 members (excludes halogenated alkanes) is 25. The monoisotopic (exact) mass is 630 g/mol. The number of amides is 1. The summed E-state index contributed by atoms with van der Waals surface area (Å²) in [4.78, 5) is 12.4. The standard InChI is InChI=1S/C36H71NO5S/c1-3-5-7-9-11-13-14-15-16-17-18-19-20-21-22-24-26-28-30-32-36(39)37-34(33-43(40,41)42)35(38)31-29-27-25-23-12-10-8-6-4-2/h29,31,34-35,38H,3-28,30,32-33H2,1-2H3,(H,37,39)(H,40,41,42)/b31-29+. The summed E-state index contributed by atoms with van der Waals surface area (Å²) in [5.74, 6) is -0.971. The van der Waals surface area contributed by atoms with Gasteiger partial charge in [-0.2, -0.15) is 8.42 Å². The maximum atomic E-state index is 12.4. The van der Waals surface area contributed by atoms with E-state index >= 15 is 0 Å². The van der Waals surface area contributed by atoms with Crippen LogP contribution in [0.4, 0.5) is 0 Å². The average molecular weight is 630 g/mol. The first-order valence-corrected chi connectivity index (χ1v) is 20.0. The second kappa shape index (κ2) is 31.1. The number of carbonyl (C=O) groups is 1. The Morgan fingerprint density at radius 3 is 1.33 bits per heavy atom. The van der Waals surface area contributed by atoms with Crippen LogP contribution in [0.25, 0.3) is 0 Å². The Kier molecular flexibility index (Phi) is 30.4. The molecule has 0 aliphatic rings. The van der Waals surface area contributed by atoms with Crippen LogP contribution in [0, 0.1) is 0 Å². The maximum Gasteiger partial charge on any atom is 0.267 e. The van der Waals surface area contributed by atoms with Crippen LogP contribution in [0.2, 0.25) is 0 Å². The summed E-state index contributed by atoms with van der Waals surface area (Å²) >= 11 is 0. The zero-order chi connectivity index (χ0) is 31.9. The van der Waals surface area contributed by atoms with E-state index in [2.05, 4.69) is 19.2 Å². The first kappa shape index (κ1) is 42.1. The van der Waals surface area contributed by atoms with Crippen molar-refractivity contribution in [2.45, 2.75) is 206 Å². The number of nitrogens with one attached hydrogen (secondary N) is 1. The summed E-state index contributed by atoms with van der Waals surface area (Å²) in [6, 6.07) is -1.05. The number of carbonyl (C=O) groups excluding carboxylic acids is 1. The largest absolute Gasteiger partial charge is 0.387 e. The molecule has 0 spiro atoms. The van der Waals surface area contributed by atoms with E-state index < -0.39 is 28.0 Å². The number of allylic oxidation sites excluding steroid dienone is 1. The van der Waals surface area contributed by atoms with Gasteiger partial charge in [0.25, 0.3) is 10.1 Å². The molecular formula is C36H71NO5S. The van der Waals surface area contributed by atoms with Gasteiger partial charge in [-0.25, -0.2) is 0 Å². The topological polar surface area (TPSA) is 104 Å². The quantitative estimate of drug-likeness (QED) is 0.0381. The molecule has 0 saturated carbocycles. The van der Waals surface area contributed by atoms with Crippen molar-refractivity contribution < 1.29 is 22.9 Å². The molecule has 7 heteroatoms. The van der Waals surface area contributed by atoms with Gasteiger partial charge in [0.1, 0.15) is 0 Å². The highest BCUT2D eigenvalue weighted by Gasteiger charge is 2.24. The highest BCUT2D eigenvalue weighted by Crippen LogP contribution is 2.15. The minimum Gasteiger partial charge on any atom is -0.387 e. The van der Waals surface area contributed by atoms with Gasteiger partial charge in [-0.3, -0.25) is 9.35 Å². The van der Waals surface area contributed by atoms with Crippen molar-refractivity contribution in [3.8, 4) is 0 Å². The van der Waals surface area contributed by atoms with Gasteiger partial charge in [0.05, 0.1) is 17.9 Å². The lowest BCUT2D eigenvalue weighted by atomic mass is 10.0. The van der Waals surface area contributed by atoms with E-state index in [1.807, 2.05) is 6.08 Å². The van der Waals surface area contributed by atoms with Crippen molar-refractivity contribution in [3.05, 3.63) is 12.2 Å². The van der Waals surface area contributed by atoms with E-state index in [1.54, 1.807) is 6.08 Å². The fourth-order valence-electron chi connectivity index (χ4n) is 5.68. The van der Waals surface area contributed by atoms with Crippen molar-refractivity contribution in [2.24, 2.45) is 0 Å². The van der Waals surface area contributed by atoms with E-state index in [-0.39, 0.29) is 5.91 Å². The van der Waals surface area contributed by atoms with Gasteiger partial charge in [0, 0.05) is 6.42 Å². The lowest BCUT2D eigenvalue weighted by molar-refractivity contribution is -0.122. The fraction of sp³-hybridized carbons (Fsp3) is 0.917. The Bertz CT molecular complexity index is 740. The lowest BCUT2D eigenvalue weighted by Gasteiger charge is -2.21. The molecule has 0 aromatic rings. The van der Waals surface area contributed by atoms with E-state index in [9.17, 15) is 22.9 Å². The van der Waals surface area contributed by atoms with Gasteiger partial charge >= 0.3 is 0 Å². The van der Waals surface area contributed by atoms with Crippen molar-refractivity contribution in [2.75, 3.05) is 5.75 Å². The molecule has 0 aromatic carbocycles. The predicted octanol–water partition coefficient (Wildman–Crippen LogP) is 10.2. The second-order valence-electron chi connectivity index (χ2n) is 12.9. The van der Waals surface area contributed by atoms with Crippen LogP contribution >= 0.6 is 0 Å². The molecule has 0 heterocycles. The smallest absolute Gasteiger partial charge is 0.267 e. The van der Waals surface area contributed by atoms with Crippen LogP contribution in [0.3, 0.4) is 0 Å². The highest BCUT2D eigenvalue weighted by molar-refractivity contribution is 7.85. The molecule has 0 aliphatic heterocycles. The number of hydrogen-bond donors (Lipinski definition) is 3. The molecule has 43 heavy (non-hydrogen) atoms. The van der Waals surface area contributed by atoms with Crippen LogP contribution in [0.5, 0.6) is 0 Å². The molecule has 6 nitrogen and oxygen atoms in total. The van der Waals surface area contributed by atoms with Crippen molar-refractivity contribution in [1.82, 2.24) is 5.32 Å². The van der Waals surface area contributed by atoms with Gasteiger partial charge < -0.3 is 10.4 Å². The first-order chi connectivity index (χ1) is 20.8. The average Bonchev–Trinajstić information content (AvgIpc) is 2.96. The summed E-state index contributed by atoms with van der Waals surface area (Å²) in [6.45, 7) is 4.48. The summed E-state index contributed by atoms with van der Waals surface area (Å²) in [6.07, 6.45) is 36.3. The zero-order valence-electron chi connectivity index (χ0n) is 28.3. The zero-order valence-corrected chi connectivity index (χ0v) is 29.2. The normalized spacial score (nSPS) is 13.5. The van der Waals surface area contributed by atoms with Crippen LogP contribution in [0.15, 0.2) is 12.2 Å². The Labute approximate surface area is 267 Å². The Morgan fingerprint density at radius 1 is 0.605 bits per heavy atom. The summed E-state index contributed by atoms with van der Waals surface area (Å²) in [5, 5.41) is 13.1. The van der Waals surface area contributed by atoms with Gasteiger partial charge in [-0.05, 0) is 19.3 Å². The predicted molar refractivity (Wildman–Crippen MR) is 184 cm³/mol. The molecular weight excluding hydrogens is 558 g/mol. The molecule has 2 atom stereocenters. The molecule has 256 valence electrons. The fourth-order valence-corrected chi connectivity index (χ4v) is 6.42. The summed E-state index contributed by atoms with van der Waals surface area (Å²) in [5.41, 5.74) is 0. The van der Waals surface area contributed by atoms with Crippen molar-refractivity contribution in [3.63, 3.8) is 0 Å². The summed E-state index contributed by atoms with van der Waals surface area (Å²) in [7, 11) is -4.33. The van der Waals surface area contributed by atoms with Gasteiger partial charge in [0.2, 0.25) is 5.91 Å². The number of hydrogen-bond acceptors (Lipinski definition) is 4. The number of aliphatic hydroxyl groups is 1. The van der Waals surface area contributed by atoms with Crippen molar-refractivity contribution in [1.29, 1.82) is 0 Å². The third kappa shape index (κ3) is 32.3. The van der Waals surface area contributed by atoms with Gasteiger partial charge in [-0.15, -0.1) is 0 Å². The van der Waals surface area contributed by atoms with Crippen molar-refractivity contribution >= 4 is 16.0 Å². The maximum absolute atomic E-state index is 12.4. The first-order valence-electron chi connectivity index (χ1n) is 18.4. The molecule has 0 radical (unpaired) electrons. The molecule has 0 aromatic heterocycles. The second-order valence-corrected chi connectivity index (χ2v) is 14.4. The minimum atomic E-state index is -4.33. The Hall–Kier alpha value is -0.920. The van der Waals surface area contributed by atoms with Crippen LogP contribution in [-0.2, 0) is 14.9 Å². The minimum absolute atomic E-state index is 0.278. The molecule has 0 saturated heterocycles. The lowest BCUT2D eigenvalue weighted by Crippen LogP contribution is -2.46. The van der Waals surface area contributed by atoms with Gasteiger partial charge in [0.15, 0.2) is 0 Å². The molecule has 1 amide bonds. The number of rotatable bonds is 33. The van der Waals surface area contributed by atoms with E-state index in [0.717, 1.165) is 38.5 Å². The molecule has 3 N–H and O–H groups in total. The third-order valence-electron chi connectivity index (χ3n) is 8.46. The molecule has 0 bridgehead atoms. The summed E-state index contributed by atoms with van der Waals surface area (Å²) < 4.78 is 32.2. The van der Waals surface area contributed by atoms with Gasteiger partial charge in [-0.1, -0.05) is 180 Å². The SMILES string of the molecule is CCCCCCCCC/C=C/C(O)C(CS(=O)(=O)O)NC(=O)CCCCCCCCCCCCCCCCCCCCC. The number of aliphatic hydroxyl groups excluding tert-OH is 1. The van der Waals surface area contributed by atoms with Crippen LogP contribution in [0.1, 0.15) is 194 Å². The van der Waals surface area contributed by atoms with Crippen LogP contribution < -0.4 is 5.32 Å². The van der Waals surface area contributed by atoms with E-state index in [1.165, 1.54) is 135 Å². The van der Waals surface area contributed by atoms with Crippen LogP contribution in [-0.4, -0.2) is 41.9 Å².